The fraction of sp³-hybridized carbons (Fsp3) is 0.217. The minimum Gasteiger partial charge on any atom is -0.496 e. The Hall–Kier alpha value is -3.94. The molecule has 2 aromatic carbocycles. The van der Waals surface area contributed by atoms with Gasteiger partial charge in [-0.25, -0.2) is 9.98 Å². The van der Waals surface area contributed by atoms with Crippen LogP contribution in [0.2, 0.25) is 0 Å². The third-order valence-corrected chi connectivity index (χ3v) is 5.56. The molecule has 0 spiro atoms. The van der Waals surface area contributed by atoms with Gasteiger partial charge in [-0.1, -0.05) is 12.1 Å². The maximum Gasteiger partial charge on any atom is 0.194 e. The number of guanidine groups is 1. The second-order valence-electron chi connectivity index (χ2n) is 7.30. The van der Waals surface area contributed by atoms with Crippen molar-refractivity contribution in [1.82, 2.24) is 14.9 Å². The lowest BCUT2D eigenvalue weighted by Gasteiger charge is -2.27. The molecule has 0 radical (unpaired) electrons. The van der Waals surface area contributed by atoms with Gasteiger partial charge in [-0.15, -0.1) is 0 Å². The lowest BCUT2D eigenvalue weighted by molar-refractivity contribution is 0.315. The molecule has 0 saturated heterocycles. The Labute approximate surface area is 180 Å². The van der Waals surface area contributed by atoms with Crippen LogP contribution in [-0.2, 0) is 0 Å². The molecule has 3 heterocycles. The van der Waals surface area contributed by atoms with Crippen LogP contribution in [0, 0.1) is 0 Å². The van der Waals surface area contributed by atoms with Gasteiger partial charge in [0.2, 0.25) is 0 Å². The average molecular weight is 417 g/mol. The van der Waals surface area contributed by atoms with Crippen molar-refractivity contribution in [2.45, 2.75) is 12.5 Å². The van der Waals surface area contributed by atoms with Crippen molar-refractivity contribution in [2.24, 2.45) is 10.7 Å². The van der Waals surface area contributed by atoms with Crippen LogP contribution in [-0.4, -0.2) is 36.3 Å². The Morgan fingerprint density at radius 3 is 2.71 bits per heavy atom. The van der Waals surface area contributed by atoms with Gasteiger partial charge < -0.3 is 29.8 Å². The summed E-state index contributed by atoms with van der Waals surface area (Å²) in [6.07, 6.45) is 6.15. The van der Waals surface area contributed by atoms with E-state index in [1.54, 1.807) is 26.7 Å². The van der Waals surface area contributed by atoms with Crippen LogP contribution in [0.25, 0.3) is 11.4 Å². The van der Waals surface area contributed by atoms with Crippen molar-refractivity contribution >= 4 is 11.7 Å². The van der Waals surface area contributed by atoms with Crippen molar-refractivity contribution in [2.75, 3.05) is 20.8 Å². The van der Waals surface area contributed by atoms with Gasteiger partial charge in [-0.05, 0) is 23.3 Å². The monoisotopic (exact) mass is 417 g/mol. The number of imidazole rings is 1. The Kier molecular flexibility index (Phi) is 4.74. The summed E-state index contributed by atoms with van der Waals surface area (Å²) < 4.78 is 19.1. The van der Waals surface area contributed by atoms with Crippen LogP contribution in [0.4, 0.5) is 0 Å². The summed E-state index contributed by atoms with van der Waals surface area (Å²) in [5.41, 5.74) is 11.1. The summed E-state index contributed by atoms with van der Waals surface area (Å²) in [6, 6.07) is 11.8. The van der Waals surface area contributed by atoms with Gasteiger partial charge in [0.1, 0.15) is 23.3 Å². The van der Waals surface area contributed by atoms with Gasteiger partial charge in [-0.2, -0.15) is 0 Å². The third kappa shape index (κ3) is 3.35. The molecule has 158 valence electrons. The molecular formula is C23H23N5O3. The Morgan fingerprint density at radius 2 is 2.00 bits per heavy atom. The quantitative estimate of drug-likeness (QED) is 0.677. The maximum atomic E-state index is 6.22. The molecule has 0 fully saturated rings. The van der Waals surface area contributed by atoms with Gasteiger partial charge >= 0.3 is 0 Å². The molecule has 31 heavy (non-hydrogen) atoms. The van der Waals surface area contributed by atoms with E-state index >= 15 is 0 Å². The normalized spacial score (nSPS) is 17.5. The molecule has 1 aromatic heterocycles. The van der Waals surface area contributed by atoms with E-state index in [2.05, 4.69) is 34.6 Å². The number of aliphatic imine (C=N–C) groups is 1. The van der Waals surface area contributed by atoms with Gasteiger partial charge in [0.05, 0.1) is 38.4 Å². The van der Waals surface area contributed by atoms with Crippen LogP contribution in [0.5, 0.6) is 17.2 Å². The smallest absolute Gasteiger partial charge is 0.194 e. The molecule has 0 aliphatic carbocycles. The topological polar surface area (TPSA) is 95.9 Å². The van der Waals surface area contributed by atoms with Gasteiger partial charge in [0.15, 0.2) is 5.96 Å². The predicted octanol–water partition coefficient (Wildman–Crippen LogP) is 3.04. The largest absolute Gasteiger partial charge is 0.496 e. The number of fused-ring (bicyclic) bond motifs is 2. The number of hydrogen-bond acceptors (Lipinski definition) is 7. The van der Waals surface area contributed by atoms with Crippen molar-refractivity contribution in [3.05, 3.63) is 71.8 Å². The van der Waals surface area contributed by atoms with Crippen LogP contribution in [0.15, 0.2) is 65.7 Å². The minimum absolute atomic E-state index is 0.213. The highest BCUT2D eigenvalue weighted by molar-refractivity contribution is 5.94. The molecular weight excluding hydrogens is 394 g/mol. The molecule has 2 aliphatic heterocycles. The van der Waals surface area contributed by atoms with E-state index < -0.39 is 0 Å². The number of aromatic nitrogens is 2. The van der Waals surface area contributed by atoms with Gasteiger partial charge in [-0.3, -0.25) is 0 Å². The molecule has 8 heteroatoms. The van der Waals surface area contributed by atoms with Crippen molar-refractivity contribution < 1.29 is 14.2 Å². The van der Waals surface area contributed by atoms with E-state index in [-0.39, 0.29) is 6.04 Å². The zero-order chi connectivity index (χ0) is 21.4. The van der Waals surface area contributed by atoms with E-state index in [0.29, 0.717) is 36.2 Å². The molecule has 0 amide bonds. The highest BCUT2D eigenvalue weighted by atomic mass is 16.5. The molecule has 8 nitrogen and oxygen atoms in total. The number of rotatable bonds is 4. The zero-order valence-corrected chi connectivity index (χ0v) is 17.3. The summed E-state index contributed by atoms with van der Waals surface area (Å²) in [5.74, 6) is 2.37. The highest BCUT2D eigenvalue weighted by Gasteiger charge is 2.31. The summed E-state index contributed by atoms with van der Waals surface area (Å²) in [7, 11) is 3.25. The SMILES string of the molecule is COc1cc(OC)c2c(c1)OCCC1=C2NC(N)=NC1c1ccc(-n2ccnc2)cc1. The molecule has 1 unspecified atom stereocenters. The minimum atomic E-state index is -0.213. The van der Waals surface area contributed by atoms with Crippen LogP contribution >= 0.6 is 0 Å². The summed E-state index contributed by atoms with van der Waals surface area (Å²) in [5, 5.41) is 3.25. The van der Waals surface area contributed by atoms with Gasteiger partial charge in [0.25, 0.3) is 0 Å². The van der Waals surface area contributed by atoms with Gasteiger partial charge in [0, 0.05) is 36.6 Å². The first-order chi connectivity index (χ1) is 15.2. The van der Waals surface area contributed by atoms with E-state index in [9.17, 15) is 0 Å². The van der Waals surface area contributed by atoms with Crippen molar-refractivity contribution in [3.63, 3.8) is 0 Å². The second-order valence-corrected chi connectivity index (χ2v) is 7.30. The first-order valence-corrected chi connectivity index (χ1v) is 9.98. The fourth-order valence-corrected chi connectivity index (χ4v) is 4.07. The number of methoxy groups -OCH3 is 2. The van der Waals surface area contributed by atoms with E-state index in [4.69, 9.17) is 24.9 Å². The molecule has 0 saturated carbocycles. The Balaban J connectivity index is 1.60. The molecule has 2 aliphatic rings. The molecule has 5 rings (SSSR count). The van der Waals surface area contributed by atoms with Crippen LogP contribution < -0.4 is 25.3 Å². The predicted molar refractivity (Wildman–Crippen MR) is 118 cm³/mol. The molecule has 3 aromatic rings. The first kappa shape index (κ1) is 19.0. The number of ether oxygens (including phenoxy) is 3. The maximum absolute atomic E-state index is 6.22. The van der Waals surface area contributed by atoms with E-state index in [1.807, 2.05) is 22.9 Å². The molecule has 1 atom stereocenters. The number of nitrogens with one attached hydrogen (secondary N) is 1. The van der Waals surface area contributed by atoms with Crippen LogP contribution in [0.3, 0.4) is 0 Å². The van der Waals surface area contributed by atoms with Crippen molar-refractivity contribution in [1.29, 1.82) is 0 Å². The van der Waals surface area contributed by atoms with E-state index in [0.717, 1.165) is 28.1 Å². The molecule has 0 bridgehead atoms. The number of nitrogens with zero attached hydrogens (tertiary/aromatic N) is 3. The van der Waals surface area contributed by atoms with E-state index in [1.165, 1.54) is 0 Å². The second kappa shape index (κ2) is 7.71. The standard InChI is InChI=1S/C23H23N5O3/c1-29-16-11-18(30-2)20-19(12-16)31-10-7-17-21(26-23(24)27-22(17)20)14-3-5-15(6-4-14)28-9-8-25-13-28/h3-6,8-9,11-13,21H,7,10H2,1-2H3,(H3,24,26,27). The number of hydrogen-bond donors (Lipinski definition) is 2. The third-order valence-electron chi connectivity index (χ3n) is 5.56. The zero-order valence-electron chi connectivity index (χ0n) is 17.3. The fourth-order valence-electron chi connectivity index (χ4n) is 4.07. The number of benzene rings is 2. The highest BCUT2D eigenvalue weighted by Crippen LogP contribution is 2.45. The number of nitrogens with two attached hydrogens (primary N) is 1. The lowest BCUT2D eigenvalue weighted by Crippen LogP contribution is -2.35. The average Bonchev–Trinajstić information content (AvgIpc) is 3.27. The summed E-state index contributed by atoms with van der Waals surface area (Å²) in [4.78, 5) is 8.83. The summed E-state index contributed by atoms with van der Waals surface area (Å²) >= 11 is 0. The van der Waals surface area contributed by atoms with Crippen molar-refractivity contribution in [3.8, 4) is 22.9 Å². The Bertz CT molecular complexity index is 1170. The molecule has 3 N–H and O–H groups in total. The summed E-state index contributed by atoms with van der Waals surface area (Å²) in [6.45, 7) is 0.517. The van der Waals surface area contributed by atoms with Crippen LogP contribution in [0.1, 0.15) is 23.6 Å². The lowest BCUT2D eigenvalue weighted by atomic mass is 9.91. The Morgan fingerprint density at radius 1 is 1.16 bits per heavy atom. The first-order valence-electron chi connectivity index (χ1n) is 9.98.